The number of fused-ring (bicyclic) bond motifs is 1. The molecule has 1 aliphatic rings. The lowest BCUT2D eigenvalue weighted by atomic mass is 10.1. The summed E-state index contributed by atoms with van der Waals surface area (Å²) in [5.74, 6) is 0.0390. The van der Waals surface area contributed by atoms with E-state index in [1.165, 1.54) is 4.90 Å². The fourth-order valence-corrected chi connectivity index (χ4v) is 2.44. The minimum absolute atomic E-state index is 0. The molecule has 0 aliphatic carbocycles. The van der Waals surface area contributed by atoms with Gasteiger partial charge in [-0.05, 0) is 24.1 Å². The zero-order valence-corrected chi connectivity index (χ0v) is 9.61. The molecule has 0 atom stereocenters. The summed E-state index contributed by atoms with van der Waals surface area (Å²) in [5.41, 5.74) is 1.52. The molecule has 0 fully saturated rings. The summed E-state index contributed by atoms with van der Waals surface area (Å²) in [6.45, 7) is 0. The number of hydrogen-bond acceptors (Lipinski definition) is 2. The van der Waals surface area contributed by atoms with Crippen molar-refractivity contribution in [1.82, 2.24) is 0 Å². The monoisotopic (exact) mass is 242 g/mol. The molecule has 0 spiro atoms. The highest BCUT2D eigenvalue weighted by atomic mass is 35.5. The summed E-state index contributed by atoms with van der Waals surface area (Å²) in [4.78, 5) is 12.0. The molecule has 0 bridgehead atoms. The van der Waals surface area contributed by atoms with Crippen LogP contribution in [-0.4, -0.2) is 16.8 Å². The third-order valence-electron chi connectivity index (χ3n) is 2.15. The number of halogens is 1. The van der Waals surface area contributed by atoms with E-state index in [2.05, 4.69) is 0 Å². The quantitative estimate of drug-likeness (QED) is 0.823. The van der Waals surface area contributed by atoms with E-state index < -0.39 is 5.97 Å². The second kappa shape index (κ2) is 5.24. The normalized spacial score (nSPS) is 14.3. The van der Waals surface area contributed by atoms with Gasteiger partial charge in [0.15, 0.2) is 0 Å². The van der Waals surface area contributed by atoms with Gasteiger partial charge in [-0.25, -0.2) is 4.79 Å². The molecule has 1 heterocycles. The van der Waals surface area contributed by atoms with Gasteiger partial charge in [0.05, 0.1) is 0 Å². The van der Waals surface area contributed by atoms with Gasteiger partial charge in [-0.1, -0.05) is 18.2 Å². The Balaban J connectivity index is 0.00000112. The average Bonchev–Trinajstić information content (AvgIpc) is 2.39. The fraction of sp³-hybridized carbons (Fsp3) is 0.182. The van der Waals surface area contributed by atoms with Crippen LogP contribution in [0.5, 0.6) is 0 Å². The lowest BCUT2D eigenvalue weighted by Crippen LogP contribution is -2.00. The molecular formula is C11H11ClO2S. The Bertz CT molecular complexity index is 401. The minimum Gasteiger partial charge on any atom is -0.478 e. The number of rotatable bonds is 1. The molecule has 0 saturated carbocycles. The lowest BCUT2D eigenvalue weighted by molar-refractivity contribution is -0.132. The predicted molar refractivity (Wildman–Crippen MR) is 64.6 cm³/mol. The predicted octanol–water partition coefficient (Wildman–Crippen LogP) is 3.07. The zero-order chi connectivity index (χ0) is 9.97. The Morgan fingerprint density at radius 2 is 2.07 bits per heavy atom. The van der Waals surface area contributed by atoms with E-state index in [9.17, 15) is 4.79 Å². The molecule has 1 aliphatic heterocycles. The van der Waals surface area contributed by atoms with E-state index in [0.29, 0.717) is 12.0 Å². The average molecular weight is 243 g/mol. The van der Waals surface area contributed by atoms with Crippen LogP contribution in [-0.2, 0) is 4.79 Å². The first-order chi connectivity index (χ1) is 6.77. The SMILES string of the molecule is Cl.O=C(O)C1=Cc2ccccc2SCC1. The summed E-state index contributed by atoms with van der Waals surface area (Å²) < 4.78 is 0. The zero-order valence-electron chi connectivity index (χ0n) is 7.97. The molecule has 2 nitrogen and oxygen atoms in total. The van der Waals surface area contributed by atoms with Crippen LogP contribution in [0.2, 0.25) is 0 Å². The van der Waals surface area contributed by atoms with Crippen LogP contribution in [0.4, 0.5) is 0 Å². The van der Waals surface area contributed by atoms with Crippen LogP contribution < -0.4 is 0 Å². The van der Waals surface area contributed by atoms with Crippen molar-refractivity contribution in [3.63, 3.8) is 0 Å². The number of thioether (sulfide) groups is 1. The van der Waals surface area contributed by atoms with Crippen molar-refractivity contribution >= 4 is 36.2 Å². The van der Waals surface area contributed by atoms with Gasteiger partial charge < -0.3 is 5.11 Å². The Hall–Kier alpha value is -0.930. The van der Waals surface area contributed by atoms with E-state index in [4.69, 9.17) is 5.11 Å². The maximum atomic E-state index is 10.8. The van der Waals surface area contributed by atoms with Crippen molar-refractivity contribution < 1.29 is 9.90 Å². The van der Waals surface area contributed by atoms with Crippen molar-refractivity contribution in [3.8, 4) is 0 Å². The van der Waals surface area contributed by atoms with Crippen molar-refractivity contribution in [1.29, 1.82) is 0 Å². The van der Waals surface area contributed by atoms with E-state index in [1.54, 1.807) is 17.8 Å². The van der Waals surface area contributed by atoms with E-state index in [1.807, 2.05) is 24.3 Å². The Morgan fingerprint density at radius 1 is 1.33 bits per heavy atom. The third kappa shape index (κ3) is 2.76. The first-order valence-electron chi connectivity index (χ1n) is 4.43. The van der Waals surface area contributed by atoms with Crippen LogP contribution in [0.3, 0.4) is 0 Å². The Kier molecular flexibility index (Phi) is 4.24. The summed E-state index contributed by atoms with van der Waals surface area (Å²) in [5, 5.41) is 8.91. The molecule has 4 heteroatoms. The standard InChI is InChI=1S/C11H10O2S.ClH/c12-11(13)9-5-6-14-10-4-2-1-3-8(10)7-9;/h1-4,7H,5-6H2,(H,12,13);1H. The smallest absolute Gasteiger partial charge is 0.331 e. The molecule has 0 aromatic heterocycles. The molecule has 15 heavy (non-hydrogen) atoms. The highest BCUT2D eigenvalue weighted by Crippen LogP contribution is 2.30. The topological polar surface area (TPSA) is 37.3 Å². The van der Waals surface area contributed by atoms with Crippen molar-refractivity contribution in [2.75, 3.05) is 5.75 Å². The number of hydrogen-bond donors (Lipinski definition) is 1. The van der Waals surface area contributed by atoms with Crippen molar-refractivity contribution in [2.45, 2.75) is 11.3 Å². The van der Waals surface area contributed by atoms with Gasteiger partial charge in [0.25, 0.3) is 0 Å². The van der Waals surface area contributed by atoms with Gasteiger partial charge in [-0.2, -0.15) is 0 Å². The van der Waals surface area contributed by atoms with Crippen molar-refractivity contribution in [3.05, 3.63) is 35.4 Å². The van der Waals surface area contributed by atoms with Crippen LogP contribution in [0, 0.1) is 0 Å². The minimum atomic E-state index is -0.803. The van der Waals surface area contributed by atoms with Gasteiger partial charge in [0.1, 0.15) is 0 Å². The molecule has 1 N–H and O–H groups in total. The molecule has 0 unspecified atom stereocenters. The summed E-state index contributed by atoms with van der Waals surface area (Å²) in [7, 11) is 0. The maximum absolute atomic E-state index is 10.8. The number of carboxylic acid groups (broad SMARTS) is 1. The van der Waals surface area contributed by atoms with Crippen LogP contribution in [0.15, 0.2) is 34.7 Å². The van der Waals surface area contributed by atoms with Crippen LogP contribution >= 0.6 is 24.2 Å². The van der Waals surface area contributed by atoms with Crippen LogP contribution in [0.25, 0.3) is 6.08 Å². The van der Waals surface area contributed by atoms with Gasteiger partial charge in [0, 0.05) is 16.2 Å². The third-order valence-corrected chi connectivity index (χ3v) is 3.24. The number of benzene rings is 1. The summed E-state index contributed by atoms with van der Waals surface area (Å²) in [6.07, 6.45) is 2.41. The second-order valence-corrected chi connectivity index (χ2v) is 4.25. The molecule has 2 rings (SSSR count). The van der Waals surface area contributed by atoms with Gasteiger partial charge in [-0.15, -0.1) is 24.2 Å². The number of aliphatic carboxylic acids is 1. The van der Waals surface area contributed by atoms with Gasteiger partial charge >= 0.3 is 5.97 Å². The van der Waals surface area contributed by atoms with Gasteiger partial charge in [0.2, 0.25) is 0 Å². The van der Waals surface area contributed by atoms with Crippen molar-refractivity contribution in [2.24, 2.45) is 0 Å². The maximum Gasteiger partial charge on any atom is 0.331 e. The molecule has 1 aromatic rings. The first-order valence-corrected chi connectivity index (χ1v) is 5.41. The van der Waals surface area contributed by atoms with Crippen LogP contribution in [0.1, 0.15) is 12.0 Å². The van der Waals surface area contributed by atoms with E-state index in [-0.39, 0.29) is 12.4 Å². The molecule has 0 radical (unpaired) electrons. The lowest BCUT2D eigenvalue weighted by Gasteiger charge is -1.99. The number of carbonyl (C=O) groups is 1. The Morgan fingerprint density at radius 3 is 2.80 bits per heavy atom. The fourth-order valence-electron chi connectivity index (χ4n) is 1.43. The van der Waals surface area contributed by atoms with Gasteiger partial charge in [-0.3, -0.25) is 0 Å². The molecule has 1 aromatic carbocycles. The second-order valence-electron chi connectivity index (χ2n) is 3.11. The largest absolute Gasteiger partial charge is 0.478 e. The summed E-state index contributed by atoms with van der Waals surface area (Å²) in [6, 6.07) is 7.89. The summed E-state index contributed by atoms with van der Waals surface area (Å²) >= 11 is 1.72. The molecule has 80 valence electrons. The molecule has 0 saturated heterocycles. The first kappa shape index (κ1) is 12.1. The highest BCUT2D eigenvalue weighted by molar-refractivity contribution is 7.99. The highest BCUT2D eigenvalue weighted by Gasteiger charge is 2.12. The van der Waals surface area contributed by atoms with E-state index >= 15 is 0 Å². The Labute approximate surface area is 98.8 Å². The number of carboxylic acids is 1. The molecular weight excluding hydrogens is 232 g/mol. The molecule has 0 amide bonds. The van der Waals surface area contributed by atoms with E-state index in [0.717, 1.165) is 11.3 Å².